The van der Waals surface area contributed by atoms with Gasteiger partial charge in [0.25, 0.3) is 0 Å². The second-order valence-electron chi connectivity index (χ2n) is 7.73. The van der Waals surface area contributed by atoms with Crippen LogP contribution in [0.2, 0.25) is 0 Å². The van der Waals surface area contributed by atoms with Crippen LogP contribution in [0.15, 0.2) is 29.2 Å². The largest absolute Gasteiger partial charge is 0.304 e. The molecule has 0 saturated carbocycles. The van der Waals surface area contributed by atoms with E-state index in [4.69, 9.17) is 0 Å². The first-order chi connectivity index (χ1) is 11.7. The summed E-state index contributed by atoms with van der Waals surface area (Å²) in [5.41, 5.74) is 1.15. The van der Waals surface area contributed by atoms with Crippen LogP contribution in [0.3, 0.4) is 0 Å². The third kappa shape index (κ3) is 5.51. The standard InChI is InChI=1S/C19H33N3O2S/c1-15(2)17-6-8-18(9-7-17)25(23,24)20-14-19(16(3)4)22-12-10-21(5)11-13-22/h6-9,15-16,19-20H,10-14H2,1-5H3. The van der Waals surface area contributed by atoms with E-state index < -0.39 is 10.0 Å². The molecule has 0 spiro atoms. The summed E-state index contributed by atoms with van der Waals surface area (Å²) in [4.78, 5) is 5.07. The summed E-state index contributed by atoms with van der Waals surface area (Å²) in [6.45, 7) is 13.0. The van der Waals surface area contributed by atoms with Crippen LogP contribution in [0.1, 0.15) is 39.2 Å². The molecule has 1 atom stereocenters. The highest BCUT2D eigenvalue weighted by Crippen LogP contribution is 2.18. The minimum absolute atomic E-state index is 0.221. The van der Waals surface area contributed by atoms with E-state index in [-0.39, 0.29) is 6.04 Å². The van der Waals surface area contributed by atoms with Gasteiger partial charge in [0.2, 0.25) is 10.0 Å². The molecule has 1 aromatic rings. The highest BCUT2D eigenvalue weighted by molar-refractivity contribution is 7.89. The first-order valence-corrected chi connectivity index (χ1v) is 10.7. The molecular weight excluding hydrogens is 334 g/mol. The van der Waals surface area contributed by atoms with Crippen LogP contribution in [-0.4, -0.2) is 64.0 Å². The fourth-order valence-electron chi connectivity index (χ4n) is 3.25. The summed E-state index contributed by atoms with van der Waals surface area (Å²) >= 11 is 0. The van der Waals surface area contributed by atoms with Crippen LogP contribution in [-0.2, 0) is 10.0 Å². The Labute approximate surface area is 153 Å². The molecule has 2 rings (SSSR count). The maximum absolute atomic E-state index is 12.6. The van der Waals surface area contributed by atoms with Crippen LogP contribution in [0.4, 0.5) is 0 Å². The van der Waals surface area contributed by atoms with Gasteiger partial charge in [0, 0.05) is 38.8 Å². The van der Waals surface area contributed by atoms with Gasteiger partial charge in [-0.3, -0.25) is 4.90 Å². The van der Waals surface area contributed by atoms with E-state index in [2.05, 4.69) is 49.3 Å². The van der Waals surface area contributed by atoms with E-state index in [1.807, 2.05) is 12.1 Å². The Hall–Kier alpha value is -0.950. The van der Waals surface area contributed by atoms with Gasteiger partial charge in [-0.2, -0.15) is 0 Å². The summed E-state index contributed by atoms with van der Waals surface area (Å²) < 4.78 is 28.1. The lowest BCUT2D eigenvalue weighted by Crippen LogP contribution is -2.54. The summed E-state index contributed by atoms with van der Waals surface area (Å²) in [6.07, 6.45) is 0. The topological polar surface area (TPSA) is 52.7 Å². The lowest BCUT2D eigenvalue weighted by molar-refractivity contribution is 0.0905. The fraction of sp³-hybridized carbons (Fsp3) is 0.684. The average Bonchev–Trinajstić information content (AvgIpc) is 2.56. The fourth-order valence-corrected chi connectivity index (χ4v) is 4.30. The van der Waals surface area contributed by atoms with Gasteiger partial charge >= 0.3 is 0 Å². The molecule has 1 saturated heterocycles. The van der Waals surface area contributed by atoms with Crippen molar-refractivity contribution in [1.82, 2.24) is 14.5 Å². The van der Waals surface area contributed by atoms with Gasteiger partial charge in [0.15, 0.2) is 0 Å². The van der Waals surface area contributed by atoms with Crippen molar-refractivity contribution >= 4 is 10.0 Å². The average molecular weight is 368 g/mol. The quantitative estimate of drug-likeness (QED) is 0.804. The van der Waals surface area contributed by atoms with Gasteiger partial charge in [-0.1, -0.05) is 39.8 Å². The predicted octanol–water partition coefficient (Wildman–Crippen LogP) is 2.36. The lowest BCUT2D eigenvalue weighted by Gasteiger charge is -2.39. The normalized spacial score (nSPS) is 18.8. The van der Waals surface area contributed by atoms with E-state index in [9.17, 15) is 8.42 Å². The molecule has 1 aliphatic heterocycles. The minimum atomic E-state index is -3.47. The van der Waals surface area contributed by atoms with Gasteiger partial charge in [0.05, 0.1) is 4.90 Å². The van der Waals surface area contributed by atoms with Gasteiger partial charge in [0.1, 0.15) is 0 Å². The van der Waals surface area contributed by atoms with Crippen molar-refractivity contribution in [2.75, 3.05) is 39.8 Å². The molecule has 1 unspecified atom stereocenters. The molecular formula is C19H33N3O2S. The summed E-state index contributed by atoms with van der Waals surface area (Å²) in [7, 11) is -1.34. The van der Waals surface area contributed by atoms with Crippen molar-refractivity contribution in [2.24, 2.45) is 5.92 Å². The van der Waals surface area contributed by atoms with E-state index in [0.29, 0.717) is 23.3 Å². The van der Waals surface area contributed by atoms with Crippen molar-refractivity contribution in [2.45, 2.75) is 44.6 Å². The van der Waals surface area contributed by atoms with Crippen LogP contribution in [0.25, 0.3) is 0 Å². The van der Waals surface area contributed by atoms with E-state index in [0.717, 1.165) is 31.7 Å². The molecule has 0 aromatic heterocycles. The Morgan fingerprint density at radius 3 is 2.04 bits per heavy atom. The second kappa shape index (κ2) is 8.62. The molecule has 142 valence electrons. The first kappa shape index (κ1) is 20.4. The van der Waals surface area contributed by atoms with Crippen molar-refractivity contribution in [3.8, 4) is 0 Å². The smallest absolute Gasteiger partial charge is 0.240 e. The molecule has 1 N–H and O–H groups in total. The number of rotatable bonds is 7. The highest BCUT2D eigenvalue weighted by atomic mass is 32.2. The van der Waals surface area contributed by atoms with Crippen LogP contribution in [0.5, 0.6) is 0 Å². The maximum atomic E-state index is 12.6. The zero-order valence-electron chi connectivity index (χ0n) is 16.2. The highest BCUT2D eigenvalue weighted by Gasteiger charge is 2.26. The predicted molar refractivity (Wildman–Crippen MR) is 103 cm³/mol. The third-order valence-electron chi connectivity index (χ3n) is 5.12. The minimum Gasteiger partial charge on any atom is -0.304 e. The molecule has 1 aliphatic rings. The summed E-state index contributed by atoms with van der Waals surface area (Å²) in [5.74, 6) is 0.793. The van der Waals surface area contributed by atoms with E-state index in [1.54, 1.807) is 12.1 Å². The lowest BCUT2D eigenvalue weighted by atomic mass is 10.0. The Bertz CT molecular complexity index is 633. The van der Waals surface area contributed by atoms with Crippen LogP contribution >= 0.6 is 0 Å². The SMILES string of the molecule is CC(C)c1ccc(S(=O)(=O)NCC(C(C)C)N2CCN(C)CC2)cc1. The summed E-state index contributed by atoms with van der Waals surface area (Å²) in [6, 6.07) is 7.44. The first-order valence-electron chi connectivity index (χ1n) is 9.23. The van der Waals surface area contributed by atoms with Crippen molar-refractivity contribution in [3.05, 3.63) is 29.8 Å². The Balaban J connectivity index is 2.03. The van der Waals surface area contributed by atoms with Crippen LogP contribution < -0.4 is 4.72 Å². The van der Waals surface area contributed by atoms with E-state index in [1.165, 1.54) is 0 Å². The zero-order valence-corrected chi connectivity index (χ0v) is 17.0. The van der Waals surface area contributed by atoms with Gasteiger partial charge in [-0.05, 0) is 36.6 Å². The maximum Gasteiger partial charge on any atom is 0.240 e. The number of hydrogen-bond acceptors (Lipinski definition) is 4. The molecule has 1 fully saturated rings. The van der Waals surface area contributed by atoms with Crippen molar-refractivity contribution in [3.63, 3.8) is 0 Å². The molecule has 5 nitrogen and oxygen atoms in total. The third-order valence-corrected chi connectivity index (χ3v) is 6.56. The molecule has 1 aromatic carbocycles. The van der Waals surface area contributed by atoms with Gasteiger partial charge < -0.3 is 4.90 Å². The van der Waals surface area contributed by atoms with Gasteiger partial charge in [-0.25, -0.2) is 13.1 Å². The number of nitrogens with one attached hydrogen (secondary N) is 1. The second-order valence-corrected chi connectivity index (χ2v) is 9.49. The Morgan fingerprint density at radius 2 is 1.56 bits per heavy atom. The molecule has 0 radical (unpaired) electrons. The number of hydrogen-bond donors (Lipinski definition) is 1. The number of likely N-dealkylation sites (N-methyl/N-ethyl adjacent to an activating group) is 1. The molecule has 0 amide bonds. The Kier molecular flexibility index (Phi) is 7.02. The number of nitrogens with zero attached hydrogens (tertiary/aromatic N) is 2. The number of benzene rings is 1. The monoisotopic (exact) mass is 367 g/mol. The molecule has 6 heteroatoms. The number of sulfonamides is 1. The van der Waals surface area contributed by atoms with Gasteiger partial charge in [-0.15, -0.1) is 0 Å². The van der Waals surface area contributed by atoms with Crippen molar-refractivity contribution in [1.29, 1.82) is 0 Å². The Morgan fingerprint density at radius 1 is 1.00 bits per heavy atom. The van der Waals surface area contributed by atoms with E-state index >= 15 is 0 Å². The molecule has 25 heavy (non-hydrogen) atoms. The molecule has 0 bridgehead atoms. The van der Waals surface area contributed by atoms with Crippen LogP contribution in [0, 0.1) is 5.92 Å². The van der Waals surface area contributed by atoms with Crippen molar-refractivity contribution < 1.29 is 8.42 Å². The zero-order chi connectivity index (χ0) is 18.6. The molecule has 1 heterocycles. The number of piperazine rings is 1. The molecule has 0 aliphatic carbocycles. The summed E-state index contributed by atoms with van der Waals surface area (Å²) in [5, 5.41) is 0.